The van der Waals surface area contributed by atoms with E-state index in [2.05, 4.69) is 4.98 Å². The average molecular weight is 194 g/mol. The largest absolute Gasteiger partial charge is 0.478 e. The highest BCUT2D eigenvalue weighted by molar-refractivity contribution is 5.02. The molecule has 0 radical (unpaired) electrons. The Balaban J connectivity index is 2.48. The van der Waals surface area contributed by atoms with Gasteiger partial charge in [0.1, 0.15) is 0 Å². The van der Waals surface area contributed by atoms with Crippen molar-refractivity contribution in [3.05, 3.63) is 44.9 Å². The van der Waals surface area contributed by atoms with Crippen LogP contribution < -0.4 is 11.2 Å². The molecule has 0 saturated carbocycles. The van der Waals surface area contributed by atoms with Crippen LogP contribution in [0.1, 0.15) is 18.2 Å². The van der Waals surface area contributed by atoms with Crippen molar-refractivity contribution >= 4 is 0 Å². The second kappa shape index (κ2) is 3.17. The molecule has 1 N–H and O–H groups in total. The molecule has 1 aromatic heterocycles. The number of aryl methyl sites for hydroxylation is 1. The van der Waals surface area contributed by atoms with E-state index in [0.29, 0.717) is 12.0 Å². The number of hydrogen-bond donors (Lipinski definition) is 1. The molecule has 0 aromatic carbocycles. The minimum Gasteiger partial charge on any atom is -0.478 e. The van der Waals surface area contributed by atoms with Gasteiger partial charge >= 0.3 is 5.69 Å². The van der Waals surface area contributed by atoms with Gasteiger partial charge in [-0.2, -0.15) is 0 Å². The molecule has 0 saturated heterocycles. The summed E-state index contributed by atoms with van der Waals surface area (Å²) in [6.45, 7) is 1.65. The second-order valence-corrected chi connectivity index (χ2v) is 3.18. The maximum absolute atomic E-state index is 11.4. The second-order valence-electron chi connectivity index (χ2n) is 3.18. The first-order valence-electron chi connectivity index (χ1n) is 4.31. The van der Waals surface area contributed by atoms with E-state index in [1.54, 1.807) is 13.2 Å². The first kappa shape index (κ1) is 8.80. The highest BCUT2D eigenvalue weighted by Gasteiger charge is 2.15. The Morgan fingerprint density at radius 1 is 1.57 bits per heavy atom. The van der Waals surface area contributed by atoms with Crippen LogP contribution in [0.5, 0.6) is 0 Å². The number of nitrogens with one attached hydrogen (secondary N) is 1. The fourth-order valence-electron chi connectivity index (χ4n) is 1.35. The molecule has 2 rings (SSSR count). The Bertz CT molecular complexity index is 476. The Hall–Kier alpha value is -1.78. The van der Waals surface area contributed by atoms with Crippen molar-refractivity contribution in [2.75, 3.05) is 0 Å². The van der Waals surface area contributed by atoms with Crippen molar-refractivity contribution in [3.8, 4) is 0 Å². The summed E-state index contributed by atoms with van der Waals surface area (Å²) >= 11 is 0. The van der Waals surface area contributed by atoms with Gasteiger partial charge in [0.2, 0.25) is 0 Å². The quantitative estimate of drug-likeness (QED) is 0.698. The number of nitrogens with zero attached hydrogens (tertiary/aromatic N) is 1. The molecule has 0 amide bonds. The van der Waals surface area contributed by atoms with Gasteiger partial charge in [-0.25, -0.2) is 4.79 Å². The molecule has 74 valence electrons. The van der Waals surface area contributed by atoms with Gasteiger partial charge in [-0.15, -0.1) is 0 Å². The summed E-state index contributed by atoms with van der Waals surface area (Å²) in [7, 11) is 0. The first-order valence-corrected chi connectivity index (χ1v) is 4.31. The van der Waals surface area contributed by atoms with Crippen molar-refractivity contribution in [2.24, 2.45) is 0 Å². The minimum atomic E-state index is -0.436. The third-order valence-corrected chi connectivity index (χ3v) is 2.13. The monoisotopic (exact) mass is 194 g/mol. The zero-order valence-electron chi connectivity index (χ0n) is 7.69. The predicted molar refractivity (Wildman–Crippen MR) is 49.9 cm³/mol. The van der Waals surface area contributed by atoms with Crippen molar-refractivity contribution in [3.63, 3.8) is 0 Å². The van der Waals surface area contributed by atoms with E-state index in [1.807, 2.05) is 6.08 Å². The Labute approximate surface area is 79.6 Å². The summed E-state index contributed by atoms with van der Waals surface area (Å²) in [6, 6.07) is 0. The number of ether oxygens (including phenoxy) is 1. The van der Waals surface area contributed by atoms with E-state index in [-0.39, 0.29) is 11.8 Å². The number of rotatable bonds is 1. The molecule has 0 bridgehead atoms. The number of aromatic amines is 1. The lowest BCUT2D eigenvalue weighted by Gasteiger charge is -2.13. The number of hydrogen-bond acceptors (Lipinski definition) is 3. The van der Waals surface area contributed by atoms with E-state index in [1.165, 1.54) is 10.8 Å². The molecular weight excluding hydrogens is 184 g/mol. The molecule has 0 unspecified atom stereocenters. The van der Waals surface area contributed by atoms with Crippen molar-refractivity contribution in [1.29, 1.82) is 0 Å². The molecule has 14 heavy (non-hydrogen) atoms. The summed E-state index contributed by atoms with van der Waals surface area (Å²) in [4.78, 5) is 24.7. The fraction of sp³-hybridized carbons (Fsp3) is 0.333. The summed E-state index contributed by atoms with van der Waals surface area (Å²) < 4.78 is 6.56. The molecule has 1 aliphatic rings. The maximum Gasteiger partial charge on any atom is 0.331 e. The molecule has 5 heteroatoms. The van der Waals surface area contributed by atoms with E-state index >= 15 is 0 Å². The smallest absolute Gasteiger partial charge is 0.331 e. The summed E-state index contributed by atoms with van der Waals surface area (Å²) in [5, 5.41) is 0. The lowest BCUT2D eigenvalue weighted by atomic mass is 10.3. The molecule has 0 spiro atoms. The molecule has 5 nitrogen and oxygen atoms in total. The van der Waals surface area contributed by atoms with Gasteiger partial charge < -0.3 is 4.74 Å². The van der Waals surface area contributed by atoms with Gasteiger partial charge in [-0.1, -0.05) is 0 Å². The predicted octanol–water partition coefficient (Wildman–Crippen LogP) is 0.278. The molecule has 1 atom stereocenters. The van der Waals surface area contributed by atoms with Gasteiger partial charge in [-0.05, 0) is 13.0 Å². The summed E-state index contributed by atoms with van der Waals surface area (Å²) in [5.74, 6) is 0. The Kier molecular flexibility index (Phi) is 1.99. The Morgan fingerprint density at radius 2 is 2.36 bits per heavy atom. The maximum atomic E-state index is 11.4. The zero-order valence-corrected chi connectivity index (χ0v) is 7.69. The van der Waals surface area contributed by atoms with Crippen LogP contribution in [0.15, 0.2) is 28.1 Å². The van der Waals surface area contributed by atoms with Crippen molar-refractivity contribution in [1.82, 2.24) is 9.55 Å². The van der Waals surface area contributed by atoms with Crippen LogP contribution in [0.4, 0.5) is 0 Å². The van der Waals surface area contributed by atoms with E-state index in [0.717, 1.165) is 0 Å². The van der Waals surface area contributed by atoms with Gasteiger partial charge in [-0.3, -0.25) is 14.3 Å². The zero-order chi connectivity index (χ0) is 10.1. The lowest BCUT2D eigenvalue weighted by molar-refractivity contribution is 0.0995. The Morgan fingerprint density at radius 3 is 3.00 bits per heavy atom. The van der Waals surface area contributed by atoms with Gasteiger partial charge in [0.05, 0.1) is 6.26 Å². The first-order chi connectivity index (χ1) is 6.68. The highest BCUT2D eigenvalue weighted by atomic mass is 16.5. The molecule has 1 aromatic rings. The topological polar surface area (TPSA) is 64.1 Å². The average Bonchev–Trinajstić information content (AvgIpc) is 2.64. The fourth-order valence-corrected chi connectivity index (χ4v) is 1.35. The van der Waals surface area contributed by atoms with E-state index in [4.69, 9.17) is 4.74 Å². The number of aromatic nitrogens is 2. The van der Waals surface area contributed by atoms with Crippen molar-refractivity contribution in [2.45, 2.75) is 19.6 Å². The molecular formula is C9H10N2O3. The van der Waals surface area contributed by atoms with Crippen molar-refractivity contribution < 1.29 is 4.74 Å². The standard InChI is InChI=1S/C9H10N2O3/c1-6-5-11(7-3-2-4-14-7)9(13)10-8(6)12/h2,4-5,7H,3H2,1H3,(H,10,12,13)/t7-/m1/s1. The summed E-state index contributed by atoms with van der Waals surface area (Å²) in [5.41, 5.74) is -0.286. The van der Waals surface area contributed by atoms with E-state index in [9.17, 15) is 9.59 Å². The van der Waals surface area contributed by atoms with Gasteiger partial charge in [0.15, 0.2) is 6.23 Å². The van der Waals surface area contributed by atoms with Gasteiger partial charge in [0.25, 0.3) is 5.56 Å². The third kappa shape index (κ3) is 1.37. The lowest BCUT2D eigenvalue weighted by Crippen LogP contribution is -2.33. The molecule has 0 fully saturated rings. The van der Waals surface area contributed by atoms with E-state index < -0.39 is 5.69 Å². The third-order valence-electron chi connectivity index (χ3n) is 2.13. The molecule has 1 aliphatic heterocycles. The SMILES string of the molecule is Cc1cn([C@H]2CC=CO2)c(=O)[nH]c1=O. The van der Waals surface area contributed by atoms with Crippen LogP contribution in [-0.4, -0.2) is 9.55 Å². The molecule has 2 heterocycles. The van der Waals surface area contributed by atoms with Crippen LogP contribution in [-0.2, 0) is 4.74 Å². The summed E-state index contributed by atoms with van der Waals surface area (Å²) in [6.07, 6.45) is 5.22. The minimum absolute atomic E-state index is 0.321. The van der Waals surface area contributed by atoms with Crippen LogP contribution in [0.3, 0.4) is 0 Å². The van der Waals surface area contributed by atoms with Crippen LogP contribution in [0.2, 0.25) is 0 Å². The van der Waals surface area contributed by atoms with Crippen LogP contribution in [0.25, 0.3) is 0 Å². The molecule has 0 aliphatic carbocycles. The van der Waals surface area contributed by atoms with Gasteiger partial charge in [0, 0.05) is 18.2 Å². The number of H-pyrrole nitrogens is 1. The van der Waals surface area contributed by atoms with Crippen LogP contribution in [0, 0.1) is 6.92 Å². The highest BCUT2D eigenvalue weighted by Crippen LogP contribution is 2.17. The van der Waals surface area contributed by atoms with Crippen LogP contribution >= 0.6 is 0 Å². The normalized spacial score (nSPS) is 19.6.